The van der Waals surface area contributed by atoms with Gasteiger partial charge in [-0.1, -0.05) is 11.6 Å². The van der Waals surface area contributed by atoms with Crippen LogP contribution < -0.4 is 10.6 Å². The van der Waals surface area contributed by atoms with Gasteiger partial charge in [-0.3, -0.25) is 9.78 Å². The summed E-state index contributed by atoms with van der Waals surface area (Å²) >= 11 is 6.08. The lowest BCUT2D eigenvalue weighted by Crippen LogP contribution is -2.15. The molecule has 132 valence electrons. The highest BCUT2D eigenvalue weighted by Gasteiger charge is 2.13. The molecule has 8 heteroatoms. The summed E-state index contributed by atoms with van der Waals surface area (Å²) in [6, 6.07) is 7.84. The Morgan fingerprint density at radius 3 is 2.72 bits per heavy atom. The van der Waals surface area contributed by atoms with Gasteiger partial charge in [0.25, 0.3) is 5.91 Å². The van der Waals surface area contributed by atoms with Crippen LogP contribution >= 0.6 is 11.6 Å². The molecule has 0 unspecified atom stereocenters. The number of ether oxygens (including phenoxy) is 2. The van der Waals surface area contributed by atoms with Crippen molar-refractivity contribution >= 4 is 34.9 Å². The van der Waals surface area contributed by atoms with Crippen molar-refractivity contribution in [3.63, 3.8) is 0 Å². The summed E-state index contributed by atoms with van der Waals surface area (Å²) in [5, 5.41) is 6.06. The van der Waals surface area contributed by atoms with Crippen molar-refractivity contribution in [3.8, 4) is 0 Å². The van der Waals surface area contributed by atoms with Crippen molar-refractivity contribution in [1.29, 1.82) is 0 Å². The number of anilines is 2. The molecule has 2 rings (SSSR count). The highest BCUT2D eigenvalue weighted by atomic mass is 35.5. The molecule has 0 bridgehead atoms. The second kappa shape index (κ2) is 9.00. The molecule has 0 saturated carbocycles. The van der Waals surface area contributed by atoms with Crippen LogP contribution in [0.4, 0.5) is 11.4 Å². The van der Waals surface area contributed by atoms with E-state index in [1.165, 1.54) is 31.5 Å². The first kappa shape index (κ1) is 18.7. The Labute approximate surface area is 150 Å². The first-order valence-electron chi connectivity index (χ1n) is 7.43. The SMILES string of the molecule is COCCNc1ccnc(C(=O)Nc2cc(C(=O)OC)ccc2Cl)c1. The van der Waals surface area contributed by atoms with E-state index in [0.29, 0.717) is 23.9 Å². The summed E-state index contributed by atoms with van der Waals surface area (Å²) in [5.41, 5.74) is 1.54. The third-order valence-corrected chi connectivity index (χ3v) is 3.59. The van der Waals surface area contributed by atoms with Gasteiger partial charge in [-0.25, -0.2) is 4.79 Å². The number of halogens is 1. The average molecular weight is 364 g/mol. The van der Waals surface area contributed by atoms with Crippen LogP contribution in [0.1, 0.15) is 20.8 Å². The molecule has 0 aliphatic carbocycles. The highest BCUT2D eigenvalue weighted by molar-refractivity contribution is 6.34. The van der Waals surface area contributed by atoms with Gasteiger partial charge >= 0.3 is 5.97 Å². The van der Waals surface area contributed by atoms with Gasteiger partial charge in [0, 0.05) is 25.5 Å². The van der Waals surface area contributed by atoms with Gasteiger partial charge in [0.1, 0.15) is 5.69 Å². The molecule has 0 saturated heterocycles. The number of pyridine rings is 1. The lowest BCUT2D eigenvalue weighted by atomic mass is 10.2. The number of hydrogen-bond acceptors (Lipinski definition) is 6. The third-order valence-electron chi connectivity index (χ3n) is 3.26. The lowest BCUT2D eigenvalue weighted by Gasteiger charge is -2.10. The minimum atomic E-state index is -0.519. The number of nitrogens with zero attached hydrogens (tertiary/aromatic N) is 1. The Hall–Kier alpha value is -2.64. The molecule has 0 aliphatic rings. The highest BCUT2D eigenvalue weighted by Crippen LogP contribution is 2.24. The van der Waals surface area contributed by atoms with Crippen LogP contribution in [-0.4, -0.2) is 44.2 Å². The molecule has 0 spiro atoms. The molecule has 1 amide bonds. The molecule has 0 aliphatic heterocycles. The average Bonchev–Trinajstić information content (AvgIpc) is 2.63. The van der Waals surface area contributed by atoms with Crippen molar-refractivity contribution in [2.45, 2.75) is 0 Å². The zero-order valence-corrected chi connectivity index (χ0v) is 14.6. The van der Waals surface area contributed by atoms with Gasteiger partial charge in [0.15, 0.2) is 0 Å². The molecule has 7 nitrogen and oxygen atoms in total. The van der Waals surface area contributed by atoms with E-state index in [4.69, 9.17) is 16.3 Å². The number of benzene rings is 1. The molecule has 0 fully saturated rings. The van der Waals surface area contributed by atoms with Gasteiger partial charge in [0.05, 0.1) is 30.0 Å². The Morgan fingerprint density at radius 1 is 1.20 bits per heavy atom. The molecular weight excluding hydrogens is 346 g/mol. The zero-order chi connectivity index (χ0) is 18.2. The van der Waals surface area contributed by atoms with E-state index in [9.17, 15) is 9.59 Å². The Kier molecular flexibility index (Phi) is 6.73. The van der Waals surface area contributed by atoms with Crippen LogP contribution in [-0.2, 0) is 9.47 Å². The number of rotatable bonds is 7. The maximum Gasteiger partial charge on any atom is 0.337 e. The second-order valence-electron chi connectivity index (χ2n) is 4.99. The Bertz CT molecular complexity index is 767. The number of hydrogen-bond donors (Lipinski definition) is 2. The van der Waals surface area contributed by atoms with Crippen molar-refractivity contribution in [2.24, 2.45) is 0 Å². The smallest absolute Gasteiger partial charge is 0.337 e. The summed E-state index contributed by atoms with van der Waals surface area (Å²) in [4.78, 5) is 28.0. The van der Waals surface area contributed by atoms with E-state index in [0.717, 1.165) is 5.69 Å². The van der Waals surface area contributed by atoms with Crippen molar-refractivity contribution in [1.82, 2.24) is 4.98 Å². The first-order chi connectivity index (χ1) is 12.0. The van der Waals surface area contributed by atoms with Gasteiger partial charge in [-0.05, 0) is 30.3 Å². The molecule has 25 heavy (non-hydrogen) atoms. The van der Waals surface area contributed by atoms with E-state index < -0.39 is 11.9 Å². The van der Waals surface area contributed by atoms with Crippen LogP contribution in [0.5, 0.6) is 0 Å². The molecule has 1 aromatic carbocycles. The molecule has 2 N–H and O–H groups in total. The van der Waals surface area contributed by atoms with Gasteiger partial charge in [-0.2, -0.15) is 0 Å². The van der Waals surface area contributed by atoms with E-state index in [1.807, 2.05) is 0 Å². The number of esters is 1. The van der Waals surface area contributed by atoms with Gasteiger partial charge in [-0.15, -0.1) is 0 Å². The number of amides is 1. The van der Waals surface area contributed by atoms with E-state index in [2.05, 4.69) is 20.4 Å². The fourth-order valence-corrected chi connectivity index (χ4v) is 2.18. The first-order valence-corrected chi connectivity index (χ1v) is 7.81. The fourth-order valence-electron chi connectivity index (χ4n) is 2.01. The fraction of sp³-hybridized carbons (Fsp3) is 0.235. The minimum absolute atomic E-state index is 0.210. The summed E-state index contributed by atoms with van der Waals surface area (Å²) in [6.45, 7) is 1.15. The summed E-state index contributed by atoms with van der Waals surface area (Å²) in [5.74, 6) is -0.964. The zero-order valence-electron chi connectivity index (χ0n) is 13.8. The minimum Gasteiger partial charge on any atom is -0.465 e. The monoisotopic (exact) mass is 363 g/mol. The Balaban J connectivity index is 2.14. The number of carbonyl (C=O) groups excluding carboxylic acids is 2. The van der Waals surface area contributed by atoms with E-state index in [1.54, 1.807) is 19.2 Å². The third kappa shape index (κ3) is 5.17. The number of nitrogens with one attached hydrogen (secondary N) is 2. The molecule has 1 heterocycles. The van der Waals surface area contributed by atoms with Crippen molar-refractivity contribution < 1.29 is 19.1 Å². The van der Waals surface area contributed by atoms with Gasteiger partial charge < -0.3 is 20.1 Å². The number of methoxy groups -OCH3 is 2. The summed E-state index contributed by atoms with van der Waals surface area (Å²) < 4.78 is 9.62. The quantitative estimate of drug-likeness (QED) is 0.580. The van der Waals surface area contributed by atoms with Crippen molar-refractivity contribution in [2.75, 3.05) is 38.0 Å². The lowest BCUT2D eigenvalue weighted by molar-refractivity contribution is 0.0600. The van der Waals surface area contributed by atoms with Crippen LogP contribution in [0.2, 0.25) is 5.02 Å². The molecule has 2 aromatic rings. The second-order valence-corrected chi connectivity index (χ2v) is 5.40. The van der Waals surface area contributed by atoms with Crippen LogP contribution in [0.3, 0.4) is 0 Å². The van der Waals surface area contributed by atoms with Crippen molar-refractivity contribution in [3.05, 3.63) is 52.8 Å². The predicted octanol–water partition coefficient (Wildman–Crippen LogP) is 2.83. The summed E-state index contributed by atoms with van der Waals surface area (Å²) in [6.07, 6.45) is 1.52. The van der Waals surface area contributed by atoms with Gasteiger partial charge in [0.2, 0.25) is 0 Å². The van der Waals surface area contributed by atoms with Crippen LogP contribution in [0.15, 0.2) is 36.5 Å². The topological polar surface area (TPSA) is 89.5 Å². The number of carbonyl (C=O) groups is 2. The largest absolute Gasteiger partial charge is 0.465 e. The summed E-state index contributed by atoms with van der Waals surface area (Å²) in [7, 11) is 2.89. The maximum atomic E-state index is 12.4. The van der Waals surface area contributed by atoms with E-state index in [-0.39, 0.29) is 11.3 Å². The molecule has 0 atom stereocenters. The number of aromatic nitrogens is 1. The molecule has 0 radical (unpaired) electrons. The maximum absolute atomic E-state index is 12.4. The Morgan fingerprint density at radius 2 is 2.00 bits per heavy atom. The standard InChI is InChI=1S/C17H18ClN3O4/c1-24-8-7-19-12-5-6-20-15(10-12)16(22)21-14-9-11(17(23)25-2)3-4-13(14)18/h3-6,9-10H,7-8H2,1-2H3,(H,19,20)(H,21,22). The predicted molar refractivity (Wildman–Crippen MR) is 95.3 cm³/mol. The van der Waals surface area contributed by atoms with E-state index >= 15 is 0 Å². The molecular formula is C17H18ClN3O4. The molecule has 1 aromatic heterocycles. The normalized spacial score (nSPS) is 10.2. The van der Waals surface area contributed by atoms with Crippen LogP contribution in [0, 0.1) is 0 Å². The van der Waals surface area contributed by atoms with Crippen LogP contribution in [0.25, 0.3) is 0 Å².